The highest BCUT2D eigenvalue weighted by atomic mass is 35.5. The molecule has 5 heteroatoms. The van der Waals surface area contributed by atoms with E-state index >= 15 is 0 Å². The molecular formula is C15H14ClFN2S. The molecule has 20 heavy (non-hydrogen) atoms. The summed E-state index contributed by atoms with van der Waals surface area (Å²) in [5.74, 6) is 0.686. The number of para-hydroxylation sites is 1. The number of hydrogen-bond donors (Lipinski definition) is 0. The number of aryl methyl sites for hydroxylation is 1. The van der Waals surface area contributed by atoms with E-state index in [2.05, 4.69) is 24.0 Å². The molecule has 0 aliphatic rings. The van der Waals surface area contributed by atoms with Crippen LogP contribution in [0.2, 0.25) is 0 Å². The predicted molar refractivity (Wildman–Crippen MR) is 82.0 cm³/mol. The molecule has 0 amide bonds. The van der Waals surface area contributed by atoms with Crippen LogP contribution in [0.3, 0.4) is 0 Å². The van der Waals surface area contributed by atoms with E-state index in [1.807, 2.05) is 10.6 Å². The van der Waals surface area contributed by atoms with Gasteiger partial charge >= 0.3 is 0 Å². The molecule has 2 nitrogen and oxygen atoms in total. The molecule has 0 N–H and O–H groups in total. The summed E-state index contributed by atoms with van der Waals surface area (Å²) in [6.07, 6.45) is 1.03. The third-order valence-corrected chi connectivity index (χ3v) is 4.76. The number of imidazole rings is 1. The number of fused-ring (bicyclic) bond motifs is 1. The van der Waals surface area contributed by atoms with E-state index in [-0.39, 0.29) is 11.7 Å². The van der Waals surface area contributed by atoms with Crippen molar-refractivity contribution < 1.29 is 4.39 Å². The molecule has 0 saturated heterocycles. The second-order valence-corrected chi connectivity index (χ2v) is 6.10. The number of aromatic nitrogens is 2. The molecule has 2 aromatic heterocycles. The Kier molecular flexibility index (Phi) is 3.76. The Morgan fingerprint density at radius 3 is 2.75 bits per heavy atom. The summed E-state index contributed by atoms with van der Waals surface area (Å²) in [5, 5.41) is 0. The first-order valence-corrected chi connectivity index (χ1v) is 7.85. The molecule has 0 bridgehead atoms. The van der Waals surface area contributed by atoms with Crippen LogP contribution < -0.4 is 0 Å². The summed E-state index contributed by atoms with van der Waals surface area (Å²) in [7, 11) is 0. The monoisotopic (exact) mass is 308 g/mol. The van der Waals surface area contributed by atoms with Crippen LogP contribution in [0, 0.1) is 5.82 Å². The fourth-order valence-electron chi connectivity index (χ4n) is 2.29. The van der Waals surface area contributed by atoms with Crippen molar-refractivity contribution in [1.82, 2.24) is 9.55 Å². The smallest absolute Gasteiger partial charge is 0.151 e. The predicted octanol–water partition coefficient (Wildman–Crippen LogP) is 4.59. The van der Waals surface area contributed by atoms with E-state index < -0.39 is 0 Å². The molecule has 3 rings (SSSR count). The van der Waals surface area contributed by atoms with Gasteiger partial charge in [0.15, 0.2) is 5.82 Å². The lowest BCUT2D eigenvalue weighted by Gasteiger charge is -2.05. The van der Waals surface area contributed by atoms with Gasteiger partial charge in [0.1, 0.15) is 11.3 Å². The second kappa shape index (κ2) is 5.54. The molecule has 0 aliphatic carbocycles. The van der Waals surface area contributed by atoms with Crippen molar-refractivity contribution in [3.05, 3.63) is 51.7 Å². The topological polar surface area (TPSA) is 17.8 Å². The minimum Gasteiger partial charge on any atom is -0.322 e. The van der Waals surface area contributed by atoms with Gasteiger partial charge in [0, 0.05) is 9.75 Å². The first kappa shape index (κ1) is 13.6. The molecule has 1 aromatic carbocycles. The van der Waals surface area contributed by atoms with Gasteiger partial charge in [0.05, 0.1) is 17.9 Å². The SMILES string of the molecule is CCc1ccc(Cn2c(CCl)nc3c(F)cccc32)s1. The molecule has 3 aromatic rings. The Labute approximate surface area is 125 Å². The van der Waals surface area contributed by atoms with Gasteiger partial charge in [-0.2, -0.15) is 0 Å². The van der Waals surface area contributed by atoms with Crippen LogP contribution in [-0.4, -0.2) is 9.55 Å². The average molecular weight is 309 g/mol. The fraction of sp³-hybridized carbons (Fsp3) is 0.267. The minimum atomic E-state index is -0.298. The summed E-state index contributed by atoms with van der Waals surface area (Å²) in [6.45, 7) is 2.83. The van der Waals surface area contributed by atoms with Gasteiger partial charge in [-0.3, -0.25) is 0 Å². The first-order chi connectivity index (χ1) is 9.72. The second-order valence-electron chi connectivity index (χ2n) is 4.58. The molecule has 0 atom stereocenters. The summed E-state index contributed by atoms with van der Waals surface area (Å²) in [6, 6.07) is 9.28. The lowest BCUT2D eigenvalue weighted by atomic mass is 10.3. The molecule has 0 fully saturated rings. The number of halogens is 2. The molecule has 0 saturated carbocycles. The van der Waals surface area contributed by atoms with Gasteiger partial charge in [0.2, 0.25) is 0 Å². The van der Waals surface area contributed by atoms with Crippen molar-refractivity contribution in [1.29, 1.82) is 0 Å². The zero-order valence-electron chi connectivity index (χ0n) is 11.1. The zero-order valence-corrected chi connectivity index (χ0v) is 12.6. The van der Waals surface area contributed by atoms with Crippen LogP contribution in [0.4, 0.5) is 4.39 Å². The number of rotatable bonds is 4. The Hall–Kier alpha value is -1.39. The Balaban J connectivity index is 2.07. The van der Waals surface area contributed by atoms with E-state index in [1.54, 1.807) is 17.4 Å². The van der Waals surface area contributed by atoms with Gasteiger partial charge in [-0.1, -0.05) is 13.0 Å². The largest absolute Gasteiger partial charge is 0.322 e. The molecule has 0 unspecified atom stereocenters. The normalized spacial score (nSPS) is 11.3. The summed E-state index contributed by atoms with van der Waals surface area (Å²) in [4.78, 5) is 6.90. The standard InChI is InChI=1S/C15H14ClFN2S/c1-2-10-6-7-11(20-10)9-19-13-5-3-4-12(17)15(13)18-14(19)8-16/h3-7H,2,8-9H2,1H3. The Bertz CT molecular complexity index is 747. The van der Waals surface area contributed by atoms with Crippen LogP contribution >= 0.6 is 22.9 Å². The van der Waals surface area contributed by atoms with Gasteiger partial charge < -0.3 is 4.57 Å². The zero-order chi connectivity index (χ0) is 14.1. The Morgan fingerprint density at radius 2 is 2.05 bits per heavy atom. The van der Waals surface area contributed by atoms with Crippen LogP contribution in [0.5, 0.6) is 0 Å². The van der Waals surface area contributed by atoms with Crippen molar-refractivity contribution in [3.63, 3.8) is 0 Å². The van der Waals surface area contributed by atoms with Crippen molar-refractivity contribution in [2.45, 2.75) is 25.8 Å². The van der Waals surface area contributed by atoms with Crippen LogP contribution in [0.25, 0.3) is 11.0 Å². The third kappa shape index (κ3) is 2.34. The van der Waals surface area contributed by atoms with E-state index in [0.717, 1.165) is 11.9 Å². The number of hydrogen-bond acceptors (Lipinski definition) is 2. The van der Waals surface area contributed by atoms with Crippen LogP contribution in [0.15, 0.2) is 30.3 Å². The van der Waals surface area contributed by atoms with Crippen molar-refractivity contribution in [3.8, 4) is 0 Å². The van der Waals surface area contributed by atoms with Gasteiger partial charge in [-0.15, -0.1) is 22.9 Å². The van der Waals surface area contributed by atoms with E-state index in [1.165, 1.54) is 15.8 Å². The summed E-state index contributed by atoms with van der Waals surface area (Å²) in [5.41, 5.74) is 1.20. The van der Waals surface area contributed by atoms with E-state index in [0.29, 0.717) is 17.9 Å². The highest BCUT2D eigenvalue weighted by Crippen LogP contribution is 2.24. The minimum absolute atomic E-state index is 0.278. The number of thiophene rings is 1. The lowest BCUT2D eigenvalue weighted by Crippen LogP contribution is -2.02. The van der Waals surface area contributed by atoms with Crippen molar-refractivity contribution in [2.24, 2.45) is 0 Å². The summed E-state index contributed by atoms with van der Waals surface area (Å²) >= 11 is 7.73. The Morgan fingerprint density at radius 1 is 1.25 bits per heavy atom. The third-order valence-electron chi connectivity index (χ3n) is 3.31. The summed E-state index contributed by atoms with van der Waals surface area (Å²) < 4.78 is 15.8. The molecule has 2 heterocycles. The lowest BCUT2D eigenvalue weighted by molar-refractivity contribution is 0.637. The van der Waals surface area contributed by atoms with Crippen molar-refractivity contribution >= 4 is 34.0 Å². The van der Waals surface area contributed by atoms with E-state index in [9.17, 15) is 4.39 Å². The number of alkyl halides is 1. The quantitative estimate of drug-likeness (QED) is 0.645. The maximum absolute atomic E-state index is 13.8. The highest BCUT2D eigenvalue weighted by molar-refractivity contribution is 7.11. The maximum atomic E-state index is 13.8. The van der Waals surface area contributed by atoms with Crippen LogP contribution in [-0.2, 0) is 18.8 Å². The number of benzene rings is 1. The molecule has 104 valence electrons. The maximum Gasteiger partial charge on any atom is 0.151 e. The fourth-order valence-corrected chi connectivity index (χ4v) is 3.44. The molecule has 0 aliphatic heterocycles. The van der Waals surface area contributed by atoms with Crippen molar-refractivity contribution in [2.75, 3.05) is 0 Å². The highest BCUT2D eigenvalue weighted by Gasteiger charge is 2.13. The van der Waals surface area contributed by atoms with Gasteiger partial charge in [-0.05, 0) is 30.7 Å². The first-order valence-electron chi connectivity index (χ1n) is 6.50. The van der Waals surface area contributed by atoms with E-state index in [4.69, 9.17) is 11.6 Å². The molecular weight excluding hydrogens is 295 g/mol. The average Bonchev–Trinajstić information content (AvgIpc) is 3.05. The molecule has 0 spiro atoms. The van der Waals surface area contributed by atoms with Crippen LogP contribution in [0.1, 0.15) is 22.5 Å². The number of nitrogens with zero attached hydrogens (tertiary/aromatic N) is 2. The molecule has 0 radical (unpaired) electrons. The van der Waals surface area contributed by atoms with Gasteiger partial charge in [-0.25, -0.2) is 9.37 Å². The van der Waals surface area contributed by atoms with Gasteiger partial charge in [0.25, 0.3) is 0 Å².